The molecule has 3 rings (SSSR count). The van der Waals surface area contributed by atoms with E-state index in [0.29, 0.717) is 24.8 Å². The van der Waals surface area contributed by atoms with Gasteiger partial charge in [0.25, 0.3) is 0 Å². The Morgan fingerprint density at radius 2 is 2.31 bits per heavy atom. The second-order valence-corrected chi connectivity index (χ2v) is 4.10. The molecule has 0 spiro atoms. The van der Waals surface area contributed by atoms with E-state index in [1.165, 1.54) is 0 Å². The predicted octanol–water partition coefficient (Wildman–Crippen LogP) is 2.30. The van der Waals surface area contributed by atoms with Crippen LogP contribution in [0.15, 0.2) is 18.2 Å². The minimum atomic E-state index is -0.114. The lowest BCUT2D eigenvalue weighted by atomic mass is 10.3. The van der Waals surface area contributed by atoms with E-state index < -0.39 is 0 Å². The van der Waals surface area contributed by atoms with Crippen molar-refractivity contribution < 1.29 is 9.47 Å². The van der Waals surface area contributed by atoms with Crippen LogP contribution < -0.4 is 0 Å². The van der Waals surface area contributed by atoms with Crippen LogP contribution in [0.1, 0.15) is 11.9 Å². The van der Waals surface area contributed by atoms with Gasteiger partial charge < -0.3 is 14.5 Å². The van der Waals surface area contributed by atoms with Crippen molar-refractivity contribution in [3.05, 3.63) is 29.0 Å². The maximum atomic E-state index is 6.05. The van der Waals surface area contributed by atoms with Gasteiger partial charge in [-0.15, -0.1) is 0 Å². The summed E-state index contributed by atoms with van der Waals surface area (Å²) in [4.78, 5) is 7.65. The van der Waals surface area contributed by atoms with Gasteiger partial charge in [-0.1, -0.05) is 17.7 Å². The molecule has 2 aromatic rings. The molecule has 1 aromatic heterocycles. The fourth-order valence-corrected chi connectivity index (χ4v) is 2.03. The number of para-hydroxylation sites is 1. The van der Waals surface area contributed by atoms with Crippen molar-refractivity contribution in [1.82, 2.24) is 9.97 Å². The highest BCUT2D eigenvalue weighted by atomic mass is 35.5. The normalized spacial score (nSPS) is 21.4. The van der Waals surface area contributed by atoms with Crippen molar-refractivity contribution in [3.8, 4) is 0 Å². The number of imidazole rings is 1. The van der Waals surface area contributed by atoms with Crippen LogP contribution in [-0.2, 0) is 9.47 Å². The van der Waals surface area contributed by atoms with E-state index in [-0.39, 0.29) is 6.10 Å². The highest BCUT2D eigenvalue weighted by molar-refractivity contribution is 6.34. The van der Waals surface area contributed by atoms with Gasteiger partial charge in [-0.2, -0.15) is 0 Å². The number of nitrogens with zero attached hydrogens (tertiary/aromatic N) is 1. The van der Waals surface area contributed by atoms with Crippen molar-refractivity contribution in [1.29, 1.82) is 0 Å². The Morgan fingerprint density at radius 3 is 3.06 bits per heavy atom. The molecule has 0 saturated carbocycles. The third kappa shape index (κ3) is 1.69. The Morgan fingerprint density at radius 1 is 1.38 bits per heavy atom. The number of aromatic amines is 1. The Kier molecular flexibility index (Phi) is 2.55. The molecular formula is C11H11ClN2O2. The number of fused-ring (bicyclic) bond motifs is 1. The molecule has 1 N–H and O–H groups in total. The molecule has 16 heavy (non-hydrogen) atoms. The van der Waals surface area contributed by atoms with Crippen LogP contribution in [0.5, 0.6) is 0 Å². The molecule has 0 aliphatic carbocycles. The third-order valence-electron chi connectivity index (χ3n) is 2.60. The summed E-state index contributed by atoms with van der Waals surface area (Å²) >= 11 is 6.05. The van der Waals surface area contributed by atoms with Crippen LogP contribution in [-0.4, -0.2) is 29.8 Å². The fraction of sp³-hybridized carbons (Fsp3) is 0.364. The summed E-state index contributed by atoms with van der Waals surface area (Å²) in [5.74, 6) is 0.780. The quantitative estimate of drug-likeness (QED) is 0.829. The van der Waals surface area contributed by atoms with Crippen molar-refractivity contribution in [3.63, 3.8) is 0 Å². The number of hydrogen-bond acceptors (Lipinski definition) is 3. The van der Waals surface area contributed by atoms with Crippen LogP contribution in [0.4, 0.5) is 0 Å². The van der Waals surface area contributed by atoms with Gasteiger partial charge in [-0.3, -0.25) is 0 Å². The second kappa shape index (κ2) is 4.05. The lowest BCUT2D eigenvalue weighted by molar-refractivity contribution is -0.0931. The molecule has 0 amide bonds. The van der Waals surface area contributed by atoms with Crippen molar-refractivity contribution in [2.24, 2.45) is 0 Å². The molecule has 0 bridgehead atoms. The average Bonchev–Trinajstić information content (AvgIpc) is 2.76. The maximum Gasteiger partial charge on any atom is 0.138 e. The Hall–Kier alpha value is -1.10. The summed E-state index contributed by atoms with van der Waals surface area (Å²) in [7, 11) is 0. The zero-order valence-electron chi connectivity index (χ0n) is 8.57. The molecule has 0 radical (unpaired) electrons. The van der Waals surface area contributed by atoms with E-state index in [1.54, 1.807) is 0 Å². The number of aromatic nitrogens is 2. The minimum absolute atomic E-state index is 0.114. The summed E-state index contributed by atoms with van der Waals surface area (Å²) in [6.45, 7) is 1.80. The van der Waals surface area contributed by atoms with Gasteiger partial charge in [0.05, 0.1) is 30.4 Å². The number of benzene rings is 1. The summed E-state index contributed by atoms with van der Waals surface area (Å²) in [5, 5.41) is 0.650. The van der Waals surface area contributed by atoms with E-state index in [2.05, 4.69) is 9.97 Å². The van der Waals surface area contributed by atoms with Crippen molar-refractivity contribution in [2.45, 2.75) is 6.10 Å². The molecule has 1 unspecified atom stereocenters. The Labute approximate surface area is 97.5 Å². The fourth-order valence-electron chi connectivity index (χ4n) is 1.81. The van der Waals surface area contributed by atoms with Crippen molar-refractivity contribution >= 4 is 22.6 Å². The van der Waals surface area contributed by atoms with Crippen molar-refractivity contribution in [2.75, 3.05) is 19.8 Å². The summed E-state index contributed by atoms with van der Waals surface area (Å²) in [6.07, 6.45) is -0.114. The van der Waals surface area contributed by atoms with Crippen LogP contribution in [0.25, 0.3) is 11.0 Å². The number of ether oxygens (including phenoxy) is 2. The smallest absolute Gasteiger partial charge is 0.138 e. The number of nitrogens with one attached hydrogen (secondary N) is 1. The van der Waals surface area contributed by atoms with Gasteiger partial charge in [0.1, 0.15) is 17.4 Å². The number of halogens is 1. The lowest BCUT2D eigenvalue weighted by Crippen LogP contribution is -2.22. The van der Waals surface area contributed by atoms with Crippen LogP contribution >= 0.6 is 11.6 Å². The number of hydrogen-bond donors (Lipinski definition) is 1. The molecule has 4 nitrogen and oxygen atoms in total. The topological polar surface area (TPSA) is 47.1 Å². The van der Waals surface area contributed by atoms with E-state index in [0.717, 1.165) is 16.9 Å². The lowest BCUT2D eigenvalue weighted by Gasteiger charge is -2.20. The first-order chi connectivity index (χ1) is 7.84. The molecule has 2 heterocycles. The van der Waals surface area contributed by atoms with Gasteiger partial charge in [-0.05, 0) is 12.1 Å². The zero-order chi connectivity index (χ0) is 11.0. The largest absolute Gasteiger partial charge is 0.376 e. The highest BCUT2D eigenvalue weighted by Gasteiger charge is 2.20. The van der Waals surface area contributed by atoms with Crippen LogP contribution in [0.3, 0.4) is 0 Å². The predicted molar refractivity (Wildman–Crippen MR) is 60.6 cm³/mol. The molecule has 84 valence electrons. The van der Waals surface area contributed by atoms with E-state index in [9.17, 15) is 0 Å². The first-order valence-electron chi connectivity index (χ1n) is 5.18. The van der Waals surface area contributed by atoms with Gasteiger partial charge in [0, 0.05) is 0 Å². The Balaban J connectivity index is 2.01. The average molecular weight is 239 g/mol. The van der Waals surface area contributed by atoms with Gasteiger partial charge >= 0.3 is 0 Å². The minimum Gasteiger partial charge on any atom is -0.376 e. The number of H-pyrrole nitrogens is 1. The van der Waals surface area contributed by atoms with Gasteiger partial charge in [0.2, 0.25) is 0 Å². The molecule has 1 aromatic carbocycles. The standard InChI is InChI=1S/C11H11ClN2O2/c12-7-2-1-3-8-10(7)14-11(13-8)9-6-15-4-5-16-9/h1-3,9H,4-6H2,(H,13,14). The molecule has 1 fully saturated rings. The monoisotopic (exact) mass is 238 g/mol. The second-order valence-electron chi connectivity index (χ2n) is 3.69. The molecule has 1 atom stereocenters. The van der Waals surface area contributed by atoms with E-state index in [1.807, 2.05) is 18.2 Å². The van der Waals surface area contributed by atoms with Crippen LogP contribution in [0.2, 0.25) is 5.02 Å². The SMILES string of the molecule is Clc1cccc2[nH]c(C3COCCO3)nc12. The molecule has 1 aliphatic rings. The highest BCUT2D eigenvalue weighted by Crippen LogP contribution is 2.25. The molecule has 1 saturated heterocycles. The Bertz CT molecular complexity index is 506. The van der Waals surface area contributed by atoms with Crippen LogP contribution in [0, 0.1) is 0 Å². The summed E-state index contributed by atoms with van der Waals surface area (Å²) in [6, 6.07) is 5.67. The first-order valence-corrected chi connectivity index (χ1v) is 5.56. The summed E-state index contributed by atoms with van der Waals surface area (Å²) in [5.41, 5.74) is 1.71. The first kappa shape index (κ1) is 10.1. The molecule has 1 aliphatic heterocycles. The summed E-state index contributed by atoms with van der Waals surface area (Å²) < 4.78 is 10.9. The van der Waals surface area contributed by atoms with Gasteiger partial charge in [0.15, 0.2) is 0 Å². The maximum absolute atomic E-state index is 6.05. The molecular weight excluding hydrogens is 228 g/mol. The van der Waals surface area contributed by atoms with E-state index >= 15 is 0 Å². The van der Waals surface area contributed by atoms with Gasteiger partial charge in [-0.25, -0.2) is 4.98 Å². The zero-order valence-corrected chi connectivity index (χ0v) is 9.33. The third-order valence-corrected chi connectivity index (χ3v) is 2.91. The number of rotatable bonds is 1. The van der Waals surface area contributed by atoms with E-state index in [4.69, 9.17) is 21.1 Å². The molecule has 5 heteroatoms.